The Morgan fingerprint density at radius 2 is 1.97 bits per heavy atom. The Morgan fingerprint density at radius 3 is 2.65 bits per heavy atom. The monoisotopic (exact) mass is 514 g/mol. The molecule has 2 saturated carbocycles. The van der Waals surface area contributed by atoms with Gasteiger partial charge in [-0.05, 0) is 85.8 Å². The van der Waals surface area contributed by atoms with Gasteiger partial charge in [0.1, 0.15) is 4.32 Å². The predicted octanol–water partition coefficient (Wildman–Crippen LogP) is 6.44. The van der Waals surface area contributed by atoms with E-state index in [4.69, 9.17) is 28.9 Å². The highest BCUT2D eigenvalue weighted by Gasteiger charge is 2.48. The van der Waals surface area contributed by atoms with Crippen LogP contribution in [0.25, 0.3) is 17.3 Å². The van der Waals surface area contributed by atoms with E-state index in [0.717, 1.165) is 59.9 Å². The fraction of sp³-hybridized carbons (Fsp3) is 0.481. The fourth-order valence-corrected chi connectivity index (χ4v) is 7.46. The molecule has 3 aliphatic rings. The SMILES string of the molecule is Cn1c(-c2ccc(Cl)cc2)cc(CCCCCO)c1/C=C1\SC(=S)N(C2CC3CCC2C3)C1=O. The lowest BCUT2D eigenvalue weighted by Gasteiger charge is -2.30. The average molecular weight is 515 g/mol. The van der Waals surface area contributed by atoms with Crippen molar-refractivity contribution in [3.05, 3.63) is 51.5 Å². The van der Waals surface area contributed by atoms with Crippen molar-refractivity contribution in [3.63, 3.8) is 0 Å². The van der Waals surface area contributed by atoms with Gasteiger partial charge in [-0.15, -0.1) is 0 Å². The molecule has 1 saturated heterocycles. The van der Waals surface area contributed by atoms with E-state index in [1.807, 2.05) is 35.2 Å². The minimum Gasteiger partial charge on any atom is -0.396 e. The highest BCUT2D eigenvalue weighted by Crippen LogP contribution is 2.49. The van der Waals surface area contributed by atoms with Crippen LogP contribution >= 0.6 is 35.6 Å². The summed E-state index contributed by atoms with van der Waals surface area (Å²) >= 11 is 13.3. The van der Waals surface area contributed by atoms with Crippen LogP contribution in [-0.4, -0.2) is 37.4 Å². The average Bonchev–Trinajstić information content (AvgIpc) is 3.58. The Hall–Kier alpha value is -1.60. The van der Waals surface area contributed by atoms with E-state index in [2.05, 4.69) is 17.7 Å². The fourth-order valence-electron chi connectivity index (χ4n) is 5.99. The summed E-state index contributed by atoms with van der Waals surface area (Å²) in [7, 11) is 2.06. The summed E-state index contributed by atoms with van der Waals surface area (Å²) in [6, 6.07) is 10.4. The number of rotatable bonds is 8. The lowest BCUT2D eigenvalue weighted by molar-refractivity contribution is -0.124. The summed E-state index contributed by atoms with van der Waals surface area (Å²) in [5, 5.41) is 9.87. The van der Waals surface area contributed by atoms with Gasteiger partial charge in [0.05, 0.1) is 4.91 Å². The third-order valence-corrected chi connectivity index (χ3v) is 9.31. The Kier molecular flexibility index (Phi) is 7.22. The minimum absolute atomic E-state index is 0.0769. The van der Waals surface area contributed by atoms with E-state index in [1.54, 1.807) is 0 Å². The van der Waals surface area contributed by atoms with Crippen LogP contribution in [0.5, 0.6) is 0 Å². The van der Waals surface area contributed by atoms with Crippen LogP contribution in [0, 0.1) is 11.8 Å². The molecule has 1 N–H and O–H groups in total. The summed E-state index contributed by atoms with van der Waals surface area (Å²) in [5.41, 5.74) is 4.47. The number of benzene rings is 1. The van der Waals surface area contributed by atoms with Gasteiger partial charge in [0.25, 0.3) is 5.91 Å². The molecule has 1 aromatic heterocycles. The number of aromatic nitrogens is 1. The Labute approximate surface area is 216 Å². The van der Waals surface area contributed by atoms with E-state index in [9.17, 15) is 4.79 Å². The zero-order valence-corrected chi connectivity index (χ0v) is 21.9. The molecule has 2 aliphatic carbocycles. The van der Waals surface area contributed by atoms with Crippen LogP contribution < -0.4 is 0 Å². The molecule has 3 unspecified atom stereocenters. The quantitative estimate of drug-likeness (QED) is 0.250. The molecule has 5 rings (SSSR count). The number of fused-ring (bicyclic) bond motifs is 2. The van der Waals surface area contributed by atoms with Gasteiger partial charge in [0.2, 0.25) is 0 Å². The third-order valence-electron chi connectivity index (χ3n) is 7.73. The molecule has 1 aromatic carbocycles. The Balaban J connectivity index is 1.46. The van der Waals surface area contributed by atoms with Crippen LogP contribution in [0.15, 0.2) is 35.2 Å². The summed E-state index contributed by atoms with van der Waals surface area (Å²) in [6.07, 6.45) is 10.6. The van der Waals surface area contributed by atoms with Crippen LogP contribution in [0.2, 0.25) is 5.02 Å². The van der Waals surface area contributed by atoms with Crippen molar-refractivity contribution in [1.82, 2.24) is 9.47 Å². The van der Waals surface area contributed by atoms with E-state index < -0.39 is 0 Å². The van der Waals surface area contributed by atoms with Gasteiger partial charge < -0.3 is 9.67 Å². The second-order valence-corrected chi connectivity index (χ2v) is 11.9. The number of thioether (sulfide) groups is 1. The molecule has 4 nitrogen and oxygen atoms in total. The first-order valence-electron chi connectivity index (χ1n) is 12.3. The van der Waals surface area contributed by atoms with Gasteiger partial charge in [-0.3, -0.25) is 9.69 Å². The largest absolute Gasteiger partial charge is 0.396 e. The van der Waals surface area contributed by atoms with Crippen LogP contribution in [0.4, 0.5) is 0 Å². The minimum atomic E-state index is 0.0769. The maximum Gasteiger partial charge on any atom is 0.266 e. The van der Waals surface area contributed by atoms with Crippen LogP contribution in [0.3, 0.4) is 0 Å². The first-order chi connectivity index (χ1) is 16.5. The molecule has 34 heavy (non-hydrogen) atoms. The molecule has 0 radical (unpaired) electrons. The van der Waals surface area contributed by atoms with E-state index in [0.29, 0.717) is 15.3 Å². The lowest BCUT2D eigenvalue weighted by Crippen LogP contribution is -2.41. The van der Waals surface area contributed by atoms with Gasteiger partial charge in [-0.25, -0.2) is 0 Å². The molecule has 2 heterocycles. The van der Waals surface area contributed by atoms with Gasteiger partial charge in [0.15, 0.2) is 0 Å². The van der Waals surface area contributed by atoms with Crippen molar-refractivity contribution in [2.45, 2.75) is 57.4 Å². The predicted molar refractivity (Wildman–Crippen MR) is 145 cm³/mol. The number of unbranched alkanes of at least 4 members (excludes halogenated alkanes) is 2. The number of aliphatic hydroxyl groups excluding tert-OH is 1. The molecule has 7 heteroatoms. The second kappa shape index (κ2) is 10.2. The molecule has 2 aromatic rings. The summed E-state index contributed by atoms with van der Waals surface area (Å²) in [6.45, 7) is 0.225. The number of nitrogens with zero attached hydrogens (tertiary/aromatic N) is 2. The number of halogens is 1. The van der Waals surface area contributed by atoms with Crippen LogP contribution in [-0.2, 0) is 18.3 Å². The molecular formula is C27H31ClN2O2S2. The highest BCUT2D eigenvalue weighted by molar-refractivity contribution is 8.26. The van der Waals surface area contributed by atoms with Crippen molar-refractivity contribution in [3.8, 4) is 11.3 Å². The van der Waals surface area contributed by atoms with E-state index >= 15 is 0 Å². The summed E-state index contributed by atoms with van der Waals surface area (Å²) in [4.78, 5) is 16.2. The van der Waals surface area contributed by atoms with Crippen molar-refractivity contribution in [2.75, 3.05) is 6.61 Å². The number of carbonyl (C=O) groups excluding carboxylic acids is 1. The van der Waals surface area contributed by atoms with Crippen molar-refractivity contribution < 1.29 is 9.90 Å². The van der Waals surface area contributed by atoms with Gasteiger partial charge >= 0.3 is 0 Å². The molecule has 1 amide bonds. The maximum atomic E-state index is 13.5. The number of hydrogen-bond acceptors (Lipinski definition) is 4. The normalized spacial score (nSPS) is 25.3. The number of aliphatic hydroxyl groups is 1. The highest BCUT2D eigenvalue weighted by atomic mass is 35.5. The van der Waals surface area contributed by atoms with E-state index in [-0.39, 0.29) is 18.6 Å². The second-order valence-electron chi connectivity index (χ2n) is 9.83. The maximum absolute atomic E-state index is 13.5. The standard InChI is InChI=1S/C27H31ClN2O2S2/c1-29-22(18-8-10-21(28)11-9-18)15-19(5-3-2-4-12-31)23(29)16-25-26(32)30(27(33)34-25)24-14-17-6-7-20(24)13-17/h8-11,15-17,20,24,31H,2-7,12-14H2,1H3/b25-16-. The molecule has 2 bridgehead atoms. The number of amides is 1. The zero-order valence-electron chi connectivity index (χ0n) is 19.5. The number of carbonyl (C=O) groups is 1. The molecule has 3 atom stereocenters. The van der Waals surface area contributed by atoms with Gasteiger partial charge in [-0.1, -0.05) is 60.6 Å². The summed E-state index contributed by atoms with van der Waals surface area (Å²) < 4.78 is 2.89. The topological polar surface area (TPSA) is 45.5 Å². The molecule has 1 aliphatic heterocycles. The molecule has 3 fully saturated rings. The van der Waals surface area contributed by atoms with E-state index in [1.165, 1.54) is 36.6 Å². The molecular weight excluding hydrogens is 484 g/mol. The van der Waals surface area contributed by atoms with Crippen LogP contribution in [0.1, 0.15) is 56.2 Å². The third kappa shape index (κ3) is 4.62. The smallest absolute Gasteiger partial charge is 0.266 e. The molecule has 0 spiro atoms. The number of aryl methyl sites for hydroxylation is 1. The van der Waals surface area contributed by atoms with Crippen molar-refractivity contribution in [2.24, 2.45) is 18.9 Å². The van der Waals surface area contributed by atoms with Gasteiger partial charge in [-0.2, -0.15) is 0 Å². The zero-order chi connectivity index (χ0) is 23.8. The van der Waals surface area contributed by atoms with Crippen molar-refractivity contribution in [1.29, 1.82) is 0 Å². The first kappa shape index (κ1) is 24.1. The van der Waals surface area contributed by atoms with Gasteiger partial charge in [0, 0.05) is 36.1 Å². The van der Waals surface area contributed by atoms with Crippen molar-refractivity contribution >= 4 is 51.9 Å². The number of thiocarbonyl (C=S) groups is 1. The Bertz CT molecular complexity index is 1120. The summed E-state index contributed by atoms with van der Waals surface area (Å²) in [5.74, 6) is 1.46. The number of hydrogen-bond donors (Lipinski definition) is 1. The Morgan fingerprint density at radius 1 is 1.18 bits per heavy atom. The molecule has 180 valence electrons. The first-order valence-corrected chi connectivity index (χ1v) is 13.9. The lowest BCUT2D eigenvalue weighted by atomic mass is 9.94.